The van der Waals surface area contributed by atoms with Crippen molar-refractivity contribution < 1.29 is 8.42 Å². The van der Waals surface area contributed by atoms with Gasteiger partial charge < -0.3 is 0 Å². The van der Waals surface area contributed by atoms with Crippen molar-refractivity contribution in [3.05, 3.63) is 33.9 Å². The number of hydrogen-bond acceptors (Lipinski definition) is 4. The summed E-state index contributed by atoms with van der Waals surface area (Å²) in [5.41, 5.74) is 1.97. The summed E-state index contributed by atoms with van der Waals surface area (Å²) in [5, 5.41) is 3.08. The molecule has 0 amide bonds. The second kappa shape index (κ2) is 5.68. The Bertz CT molecular complexity index is 926. The molecule has 0 aromatic carbocycles. The van der Waals surface area contributed by atoms with E-state index in [-0.39, 0.29) is 11.5 Å². The third-order valence-corrected chi connectivity index (χ3v) is 6.91. The normalized spacial score (nSPS) is 23.5. The Kier molecular flexibility index (Phi) is 3.74. The van der Waals surface area contributed by atoms with Gasteiger partial charge in [0.05, 0.1) is 0 Å². The number of hydrogen-bond donors (Lipinski definition) is 1. The van der Waals surface area contributed by atoms with Crippen molar-refractivity contribution in [3.8, 4) is 0 Å². The van der Waals surface area contributed by atoms with Crippen LogP contribution >= 0.6 is 0 Å². The van der Waals surface area contributed by atoms with Gasteiger partial charge in [-0.25, -0.2) is 9.50 Å². The Morgan fingerprint density at radius 1 is 1.17 bits per heavy atom. The summed E-state index contributed by atoms with van der Waals surface area (Å²) < 4.78 is 29.9. The van der Waals surface area contributed by atoms with Gasteiger partial charge in [0.15, 0.2) is 5.65 Å². The van der Waals surface area contributed by atoms with Gasteiger partial charge in [-0.3, -0.25) is 9.89 Å². The van der Waals surface area contributed by atoms with Gasteiger partial charge in [-0.1, -0.05) is 0 Å². The van der Waals surface area contributed by atoms with Gasteiger partial charge in [0.25, 0.3) is 15.8 Å². The molecule has 2 saturated heterocycles. The minimum atomic E-state index is -3.36. The van der Waals surface area contributed by atoms with E-state index < -0.39 is 10.2 Å². The van der Waals surface area contributed by atoms with Crippen LogP contribution < -0.4 is 5.56 Å². The maximum atomic E-state index is 12.7. The van der Waals surface area contributed by atoms with E-state index in [1.54, 1.807) is 15.5 Å². The lowest BCUT2D eigenvalue weighted by Crippen LogP contribution is -2.41. The molecule has 0 radical (unpaired) electrons. The molecule has 1 N–H and O–H groups in total. The Balaban J connectivity index is 1.59. The number of nitrogens with zero attached hydrogens (tertiary/aromatic N) is 4. The van der Waals surface area contributed by atoms with E-state index in [0.717, 1.165) is 25.0 Å². The molecule has 9 heteroatoms. The zero-order chi connectivity index (χ0) is 16.9. The molecule has 2 aliphatic rings. The van der Waals surface area contributed by atoms with Gasteiger partial charge in [0.2, 0.25) is 0 Å². The molecular weight excluding hydrogens is 330 g/mol. The molecule has 4 rings (SSSR count). The lowest BCUT2D eigenvalue weighted by atomic mass is 10.1. The molecule has 2 aromatic rings. The molecule has 2 fully saturated rings. The van der Waals surface area contributed by atoms with Crippen LogP contribution in [-0.2, 0) is 10.2 Å². The van der Waals surface area contributed by atoms with Crippen molar-refractivity contribution >= 4 is 15.9 Å². The molecule has 0 spiro atoms. The molecule has 8 nitrogen and oxygen atoms in total. The van der Waals surface area contributed by atoms with Crippen molar-refractivity contribution in [2.45, 2.75) is 32.1 Å². The van der Waals surface area contributed by atoms with Crippen LogP contribution in [0.3, 0.4) is 0 Å². The standard InChI is InChI=1S/C15H21N5O3S/c1-11-8-15(21)20-14(16-11)9-13(17-20)12-4-7-19(10-12)24(22,23)18-5-2-3-6-18/h8-9,12,17H,2-7,10H2,1H3/t12-/m0/s1. The fourth-order valence-corrected chi connectivity index (χ4v) is 5.36. The van der Waals surface area contributed by atoms with Crippen LogP contribution in [0.15, 0.2) is 16.9 Å². The number of aryl methyl sites for hydroxylation is 1. The van der Waals surface area contributed by atoms with Crippen LogP contribution in [0.4, 0.5) is 0 Å². The highest BCUT2D eigenvalue weighted by atomic mass is 32.2. The van der Waals surface area contributed by atoms with E-state index >= 15 is 0 Å². The molecule has 0 bridgehead atoms. The van der Waals surface area contributed by atoms with E-state index in [1.165, 1.54) is 10.6 Å². The Morgan fingerprint density at radius 3 is 2.67 bits per heavy atom. The summed E-state index contributed by atoms with van der Waals surface area (Å²) in [4.78, 5) is 16.4. The SMILES string of the molecule is Cc1cc(=O)n2[nH]c([C@H]3CCN(S(=O)(=O)N4CCCC4)C3)cc2n1. The van der Waals surface area contributed by atoms with Gasteiger partial charge in [-0.05, 0) is 26.2 Å². The monoisotopic (exact) mass is 351 g/mol. The predicted octanol–water partition coefficient (Wildman–Crippen LogP) is 0.461. The topological polar surface area (TPSA) is 90.8 Å². The first-order chi connectivity index (χ1) is 11.4. The van der Waals surface area contributed by atoms with E-state index in [9.17, 15) is 13.2 Å². The number of rotatable bonds is 3. The molecule has 4 heterocycles. The number of nitrogens with one attached hydrogen (secondary N) is 1. The molecule has 24 heavy (non-hydrogen) atoms. The van der Waals surface area contributed by atoms with Crippen LogP contribution in [0.1, 0.15) is 36.6 Å². The van der Waals surface area contributed by atoms with Gasteiger partial charge in [-0.2, -0.15) is 17.0 Å². The smallest absolute Gasteiger partial charge is 0.281 e. The predicted molar refractivity (Wildman–Crippen MR) is 89.2 cm³/mol. The molecule has 1 atom stereocenters. The van der Waals surface area contributed by atoms with E-state index in [2.05, 4.69) is 10.1 Å². The lowest BCUT2D eigenvalue weighted by molar-refractivity contribution is 0.395. The van der Waals surface area contributed by atoms with Crippen molar-refractivity contribution in [2.75, 3.05) is 26.2 Å². The first kappa shape index (κ1) is 15.8. The molecule has 0 saturated carbocycles. The van der Waals surface area contributed by atoms with Crippen molar-refractivity contribution in [1.82, 2.24) is 23.2 Å². The first-order valence-corrected chi connectivity index (χ1v) is 9.69. The quantitative estimate of drug-likeness (QED) is 0.870. The molecule has 0 unspecified atom stereocenters. The van der Waals surface area contributed by atoms with Gasteiger partial charge in [0.1, 0.15) is 0 Å². The zero-order valence-corrected chi connectivity index (χ0v) is 14.4. The van der Waals surface area contributed by atoms with Crippen LogP contribution in [0.5, 0.6) is 0 Å². The summed E-state index contributed by atoms with van der Waals surface area (Å²) in [6.45, 7) is 3.98. The first-order valence-electron chi connectivity index (χ1n) is 8.30. The Hall–Kier alpha value is -1.71. The van der Waals surface area contributed by atoms with E-state index in [1.807, 2.05) is 6.07 Å². The Labute approximate surface area is 140 Å². The van der Waals surface area contributed by atoms with Gasteiger partial charge >= 0.3 is 0 Å². The average molecular weight is 351 g/mol. The lowest BCUT2D eigenvalue weighted by Gasteiger charge is -2.23. The maximum Gasteiger partial charge on any atom is 0.281 e. The summed E-state index contributed by atoms with van der Waals surface area (Å²) in [5.74, 6) is 0.0591. The van der Waals surface area contributed by atoms with Crippen LogP contribution in [0, 0.1) is 6.92 Å². The maximum absolute atomic E-state index is 12.7. The molecular formula is C15H21N5O3S. The Morgan fingerprint density at radius 2 is 1.92 bits per heavy atom. The molecule has 0 aliphatic carbocycles. The third-order valence-electron chi connectivity index (χ3n) is 4.91. The average Bonchev–Trinajstić information content (AvgIpc) is 3.26. The molecule has 2 aliphatic heterocycles. The van der Waals surface area contributed by atoms with Crippen molar-refractivity contribution in [2.24, 2.45) is 0 Å². The highest BCUT2D eigenvalue weighted by Crippen LogP contribution is 2.30. The van der Waals surface area contributed by atoms with Gasteiger partial charge in [-0.15, -0.1) is 0 Å². The highest BCUT2D eigenvalue weighted by Gasteiger charge is 2.37. The number of H-pyrrole nitrogens is 1. The zero-order valence-electron chi connectivity index (χ0n) is 13.6. The fourth-order valence-electron chi connectivity index (χ4n) is 3.61. The van der Waals surface area contributed by atoms with E-state index in [4.69, 9.17) is 0 Å². The summed E-state index contributed by atoms with van der Waals surface area (Å²) >= 11 is 0. The number of fused-ring (bicyclic) bond motifs is 1. The van der Waals surface area contributed by atoms with E-state index in [0.29, 0.717) is 37.5 Å². The second-order valence-electron chi connectivity index (χ2n) is 6.60. The number of aromatic amines is 1. The van der Waals surface area contributed by atoms with Crippen molar-refractivity contribution in [1.29, 1.82) is 0 Å². The second-order valence-corrected chi connectivity index (χ2v) is 8.53. The fraction of sp³-hybridized carbons (Fsp3) is 0.600. The summed E-state index contributed by atoms with van der Waals surface area (Å²) in [6, 6.07) is 3.33. The van der Waals surface area contributed by atoms with Crippen LogP contribution in [-0.4, -0.2) is 57.8 Å². The largest absolute Gasteiger partial charge is 0.293 e. The minimum Gasteiger partial charge on any atom is -0.293 e. The minimum absolute atomic E-state index is 0.0591. The third kappa shape index (κ3) is 2.56. The van der Waals surface area contributed by atoms with Crippen molar-refractivity contribution in [3.63, 3.8) is 0 Å². The highest BCUT2D eigenvalue weighted by molar-refractivity contribution is 7.86. The van der Waals surface area contributed by atoms with Crippen LogP contribution in [0.25, 0.3) is 5.65 Å². The van der Waals surface area contributed by atoms with Gasteiger partial charge in [0, 0.05) is 55.6 Å². The number of aromatic nitrogens is 3. The summed E-state index contributed by atoms with van der Waals surface area (Å²) in [7, 11) is -3.36. The summed E-state index contributed by atoms with van der Waals surface area (Å²) in [6.07, 6.45) is 2.62. The molecule has 2 aromatic heterocycles. The molecule has 130 valence electrons. The van der Waals surface area contributed by atoms with Crippen LogP contribution in [0.2, 0.25) is 0 Å².